The van der Waals surface area contributed by atoms with Gasteiger partial charge in [-0.1, -0.05) is 33.6 Å². The van der Waals surface area contributed by atoms with Gasteiger partial charge in [0.15, 0.2) is 0 Å². The van der Waals surface area contributed by atoms with E-state index in [1.807, 2.05) is 27.1 Å². The molecule has 0 aromatic rings. The molecule has 13 heavy (non-hydrogen) atoms. The van der Waals surface area contributed by atoms with Crippen molar-refractivity contribution < 1.29 is 18.6 Å². The Balaban J connectivity index is -0.000000309. The number of allylic oxidation sites excluding steroid dienone is 1. The van der Waals surface area contributed by atoms with Gasteiger partial charge in [-0.05, 0) is 7.05 Å². The van der Waals surface area contributed by atoms with Gasteiger partial charge in [-0.2, -0.15) is 11.8 Å². The quantitative estimate of drug-likeness (QED) is 0.440. The number of nitrogens with one attached hydrogen (secondary N) is 1. The zero-order valence-electron chi connectivity index (χ0n) is 9.55. The van der Waals surface area contributed by atoms with Crippen molar-refractivity contribution >= 4 is 6.21 Å². The normalized spacial score (nSPS) is 10.5. The van der Waals surface area contributed by atoms with E-state index in [1.165, 1.54) is 0 Å². The minimum atomic E-state index is 0. The van der Waals surface area contributed by atoms with E-state index in [4.69, 9.17) is 0 Å². The second kappa shape index (κ2) is 14.3. The van der Waals surface area contributed by atoms with E-state index in [0.717, 1.165) is 5.57 Å². The second-order valence-corrected chi connectivity index (χ2v) is 2.37. The maximum absolute atomic E-state index is 3.91. The van der Waals surface area contributed by atoms with Gasteiger partial charge in [0.2, 0.25) is 0 Å². The van der Waals surface area contributed by atoms with Crippen LogP contribution in [0.15, 0.2) is 10.6 Å². The van der Waals surface area contributed by atoms with Gasteiger partial charge in [-0.15, -0.1) is 6.21 Å². The smallest absolute Gasteiger partial charge is 0.00685 e. The molecule has 0 atom stereocenters. The zero-order chi connectivity index (χ0) is 9.98. The molecule has 0 aliphatic carbocycles. The Kier molecular flexibility index (Phi) is 20.4. The SMILES string of the molecule is CC.CN=CC(=[C-]NC)C(C)C.[V]. The molecule has 0 rings (SSSR count). The summed E-state index contributed by atoms with van der Waals surface area (Å²) in [5, 5.41) is 2.86. The van der Waals surface area contributed by atoms with E-state index in [0.29, 0.717) is 5.92 Å². The average molecular weight is 220 g/mol. The maximum Gasteiger partial charge on any atom is 0.00685 e. The van der Waals surface area contributed by atoms with Crippen molar-refractivity contribution in [2.75, 3.05) is 14.1 Å². The summed E-state index contributed by atoms with van der Waals surface area (Å²) in [7, 11) is 3.60. The average Bonchev–Trinajstić information content (AvgIpc) is 2.08. The van der Waals surface area contributed by atoms with Gasteiger partial charge >= 0.3 is 0 Å². The van der Waals surface area contributed by atoms with Crippen molar-refractivity contribution in [3.8, 4) is 0 Å². The van der Waals surface area contributed by atoms with Gasteiger partial charge in [-0.25, -0.2) is 0 Å². The summed E-state index contributed by atoms with van der Waals surface area (Å²) in [6, 6.07) is 0. The van der Waals surface area contributed by atoms with Crippen LogP contribution in [0.2, 0.25) is 0 Å². The summed E-state index contributed by atoms with van der Waals surface area (Å²) in [5.41, 5.74) is 1.10. The molecule has 77 valence electrons. The Bertz CT molecular complexity index is 140. The largest absolute Gasteiger partial charge is 0.479 e. The topological polar surface area (TPSA) is 24.4 Å². The van der Waals surface area contributed by atoms with Crippen LogP contribution in [-0.4, -0.2) is 20.3 Å². The number of nitrogens with zero attached hydrogens (tertiary/aromatic N) is 1. The molecule has 0 aliphatic heterocycles. The first-order chi connectivity index (χ1) is 5.72. The van der Waals surface area contributed by atoms with Crippen molar-refractivity contribution in [3.05, 3.63) is 11.8 Å². The van der Waals surface area contributed by atoms with Crippen molar-refractivity contribution in [1.29, 1.82) is 0 Å². The maximum atomic E-state index is 3.91. The van der Waals surface area contributed by atoms with Crippen LogP contribution in [0.4, 0.5) is 0 Å². The summed E-state index contributed by atoms with van der Waals surface area (Å²) in [6.07, 6.45) is 4.82. The predicted octanol–water partition coefficient (Wildman–Crippen LogP) is 2.27. The standard InChI is InChI=1S/C8H15N2.C2H6.V/c1-7(2)8(5-9-3)6-10-4;1-2;/h5,7,10H,1-4H3;1-2H3;/q-1;;. The third-order valence-corrected chi connectivity index (χ3v) is 1.16. The third kappa shape index (κ3) is 11.8. The van der Waals surface area contributed by atoms with Crippen LogP contribution in [0, 0.1) is 12.1 Å². The molecule has 0 saturated carbocycles. The second-order valence-electron chi connectivity index (χ2n) is 2.37. The Morgan fingerprint density at radius 2 is 1.85 bits per heavy atom. The molecule has 0 spiro atoms. The fraction of sp³-hybridized carbons (Fsp3) is 0.700. The van der Waals surface area contributed by atoms with E-state index in [9.17, 15) is 0 Å². The summed E-state index contributed by atoms with van der Waals surface area (Å²) in [5.74, 6) is 0.483. The van der Waals surface area contributed by atoms with Gasteiger partial charge in [-0.3, -0.25) is 0 Å². The fourth-order valence-electron chi connectivity index (χ4n) is 0.609. The molecule has 3 heteroatoms. The van der Waals surface area contributed by atoms with Crippen LogP contribution in [0.5, 0.6) is 0 Å². The first kappa shape index (κ1) is 18.6. The Hall–Kier alpha value is -0.206. The van der Waals surface area contributed by atoms with Gasteiger partial charge in [0.05, 0.1) is 0 Å². The van der Waals surface area contributed by atoms with Gasteiger partial charge in [0.1, 0.15) is 0 Å². The molecular formula is C10H21N2V-. The van der Waals surface area contributed by atoms with Crippen LogP contribution in [0.3, 0.4) is 0 Å². The molecule has 2 nitrogen and oxygen atoms in total. The van der Waals surface area contributed by atoms with Crippen molar-refractivity contribution in [2.24, 2.45) is 10.9 Å². The van der Waals surface area contributed by atoms with Gasteiger partial charge in [0, 0.05) is 25.6 Å². The van der Waals surface area contributed by atoms with Crippen molar-refractivity contribution in [1.82, 2.24) is 5.32 Å². The molecule has 0 aromatic carbocycles. The molecule has 0 bridgehead atoms. The monoisotopic (exact) mass is 220 g/mol. The van der Waals surface area contributed by atoms with Crippen molar-refractivity contribution in [2.45, 2.75) is 27.7 Å². The van der Waals surface area contributed by atoms with Gasteiger partial charge < -0.3 is 10.3 Å². The van der Waals surface area contributed by atoms with E-state index in [-0.39, 0.29) is 18.6 Å². The molecule has 0 unspecified atom stereocenters. The summed E-state index contributed by atoms with van der Waals surface area (Å²) in [4.78, 5) is 3.91. The molecule has 0 aromatic heterocycles. The summed E-state index contributed by atoms with van der Waals surface area (Å²) in [6.45, 7) is 8.22. The minimum absolute atomic E-state index is 0. The fourth-order valence-corrected chi connectivity index (χ4v) is 0.609. The van der Waals surface area contributed by atoms with Crippen LogP contribution in [0.1, 0.15) is 27.7 Å². The molecule has 1 radical (unpaired) electrons. The minimum Gasteiger partial charge on any atom is -0.479 e. The van der Waals surface area contributed by atoms with E-state index < -0.39 is 0 Å². The molecule has 1 N–H and O–H groups in total. The first-order valence-electron chi connectivity index (χ1n) is 4.44. The number of hydrogen-bond acceptors (Lipinski definition) is 2. The van der Waals surface area contributed by atoms with Crippen LogP contribution in [0.25, 0.3) is 0 Å². The summed E-state index contributed by atoms with van der Waals surface area (Å²) < 4.78 is 0. The van der Waals surface area contributed by atoms with Crippen LogP contribution < -0.4 is 5.32 Å². The van der Waals surface area contributed by atoms with E-state index in [1.54, 1.807) is 7.05 Å². The van der Waals surface area contributed by atoms with Gasteiger partial charge in [0.25, 0.3) is 0 Å². The number of rotatable bonds is 3. The molecular weight excluding hydrogens is 199 g/mol. The van der Waals surface area contributed by atoms with Crippen molar-refractivity contribution in [3.63, 3.8) is 0 Å². The number of aliphatic imine (C=N–C) groups is 1. The third-order valence-electron chi connectivity index (χ3n) is 1.16. The summed E-state index contributed by atoms with van der Waals surface area (Å²) >= 11 is 0. The Morgan fingerprint density at radius 3 is 2.08 bits per heavy atom. The van der Waals surface area contributed by atoms with Crippen LogP contribution >= 0.6 is 0 Å². The molecule has 0 saturated heterocycles. The zero-order valence-corrected chi connectivity index (χ0v) is 10.9. The van der Waals surface area contributed by atoms with E-state index >= 15 is 0 Å². The predicted molar refractivity (Wildman–Crippen MR) is 56.4 cm³/mol. The molecule has 0 amide bonds. The number of hydrogen-bond donors (Lipinski definition) is 1. The Morgan fingerprint density at radius 1 is 1.38 bits per heavy atom. The van der Waals surface area contributed by atoms with Crippen LogP contribution in [-0.2, 0) is 18.6 Å². The molecule has 0 aliphatic rings. The Labute approximate surface area is 94.8 Å². The van der Waals surface area contributed by atoms with E-state index in [2.05, 4.69) is 30.4 Å². The first-order valence-corrected chi connectivity index (χ1v) is 4.44. The molecule has 0 heterocycles. The molecule has 0 fully saturated rings.